The fourth-order valence-corrected chi connectivity index (χ4v) is 4.90. The zero-order valence-corrected chi connectivity index (χ0v) is 19.3. The van der Waals surface area contributed by atoms with Gasteiger partial charge in [0.15, 0.2) is 5.13 Å². The summed E-state index contributed by atoms with van der Waals surface area (Å²) >= 11 is 4.98. The number of rotatable bonds is 5. The molecule has 5 rings (SSSR count). The highest BCUT2D eigenvalue weighted by Gasteiger charge is 2.26. The van der Waals surface area contributed by atoms with Gasteiger partial charge >= 0.3 is 0 Å². The van der Waals surface area contributed by atoms with Gasteiger partial charge in [-0.05, 0) is 62.3 Å². The van der Waals surface area contributed by atoms with E-state index in [-0.39, 0.29) is 11.8 Å². The topological polar surface area (TPSA) is 63.1 Å². The van der Waals surface area contributed by atoms with Crippen LogP contribution in [0.5, 0.6) is 0 Å². The fraction of sp³-hybridized carbons (Fsp3) is 0.261. The van der Waals surface area contributed by atoms with Crippen molar-refractivity contribution in [2.45, 2.75) is 19.4 Å². The van der Waals surface area contributed by atoms with E-state index in [4.69, 9.17) is 4.98 Å². The molecule has 2 aromatic carbocycles. The lowest BCUT2D eigenvalue weighted by molar-refractivity contribution is -0.121. The molecule has 1 aliphatic heterocycles. The third-order valence-electron chi connectivity index (χ3n) is 5.70. The van der Waals surface area contributed by atoms with E-state index < -0.39 is 0 Å². The molecule has 0 atom stereocenters. The molecule has 4 aromatic rings. The first kappa shape index (κ1) is 20.4. The van der Waals surface area contributed by atoms with E-state index in [0.717, 1.165) is 59.5 Å². The van der Waals surface area contributed by atoms with Gasteiger partial charge in [0.1, 0.15) is 5.82 Å². The number of nitrogens with one attached hydrogen (secondary N) is 1. The second kappa shape index (κ2) is 8.90. The molecule has 1 N–H and O–H groups in total. The number of benzene rings is 2. The summed E-state index contributed by atoms with van der Waals surface area (Å²) in [5, 5.41) is 5.49. The van der Waals surface area contributed by atoms with Crippen molar-refractivity contribution in [2.75, 3.05) is 18.4 Å². The van der Waals surface area contributed by atoms with Crippen LogP contribution in [0.4, 0.5) is 5.13 Å². The third-order valence-corrected chi connectivity index (χ3v) is 6.92. The molecule has 8 heteroatoms. The van der Waals surface area contributed by atoms with Crippen LogP contribution in [0, 0.1) is 5.92 Å². The van der Waals surface area contributed by atoms with Crippen molar-refractivity contribution < 1.29 is 4.79 Å². The van der Waals surface area contributed by atoms with Crippen LogP contribution in [0.2, 0.25) is 0 Å². The van der Waals surface area contributed by atoms with Crippen LogP contribution >= 0.6 is 27.3 Å². The number of thiazole rings is 1. The number of hydrogen-bond donors (Lipinski definition) is 1. The van der Waals surface area contributed by atoms with Crippen LogP contribution in [0.25, 0.3) is 16.7 Å². The molecule has 2 aromatic heterocycles. The number of imidazole rings is 1. The first-order valence-corrected chi connectivity index (χ1v) is 12.0. The third kappa shape index (κ3) is 4.42. The molecule has 1 fully saturated rings. The minimum Gasteiger partial charge on any atom is -0.302 e. The predicted octanol–water partition coefficient (Wildman–Crippen LogP) is 5.10. The van der Waals surface area contributed by atoms with Gasteiger partial charge in [-0.15, -0.1) is 11.3 Å². The summed E-state index contributed by atoms with van der Waals surface area (Å²) in [4.78, 5) is 24.0. The summed E-state index contributed by atoms with van der Waals surface area (Å²) in [7, 11) is 0. The van der Waals surface area contributed by atoms with E-state index >= 15 is 0 Å². The van der Waals surface area contributed by atoms with Gasteiger partial charge in [0, 0.05) is 27.7 Å². The molecule has 0 radical (unpaired) electrons. The van der Waals surface area contributed by atoms with E-state index in [9.17, 15) is 4.79 Å². The number of piperidine rings is 1. The van der Waals surface area contributed by atoms with Gasteiger partial charge in [0.2, 0.25) is 5.91 Å². The van der Waals surface area contributed by atoms with Crippen molar-refractivity contribution in [1.29, 1.82) is 0 Å². The maximum Gasteiger partial charge on any atom is 0.229 e. The Morgan fingerprint density at radius 3 is 2.65 bits per heavy atom. The summed E-state index contributed by atoms with van der Waals surface area (Å²) in [6.07, 6.45) is 3.39. The second-order valence-electron chi connectivity index (χ2n) is 7.71. The largest absolute Gasteiger partial charge is 0.302 e. The molecule has 0 unspecified atom stereocenters. The van der Waals surface area contributed by atoms with Crippen LogP contribution in [-0.4, -0.2) is 38.4 Å². The number of fused-ring (bicyclic) bond motifs is 1. The number of carbonyl (C=O) groups excluding carboxylic acids is 1. The lowest BCUT2D eigenvalue weighted by atomic mass is 9.96. The Morgan fingerprint density at radius 1 is 1.13 bits per heavy atom. The summed E-state index contributed by atoms with van der Waals surface area (Å²) in [5.74, 6) is 1.14. The number of amides is 1. The lowest BCUT2D eigenvalue weighted by Crippen LogP contribution is -2.38. The highest BCUT2D eigenvalue weighted by atomic mass is 79.9. The van der Waals surface area contributed by atoms with Crippen molar-refractivity contribution >= 4 is 49.3 Å². The van der Waals surface area contributed by atoms with E-state index in [1.54, 1.807) is 6.20 Å². The summed E-state index contributed by atoms with van der Waals surface area (Å²) in [6.45, 7) is 2.50. The predicted molar refractivity (Wildman–Crippen MR) is 128 cm³/mol. The van der Waals surface area contributed by atoms with Crippen molar-refractivity contribution in [1.82, 2.24) is 19.4 Å². The van der Waals surface area contributed by atoms with Gasteiger partial charge in [-0.2, -0.15) is 0 Å². The standard InChI is InChI=1S/C23H22BrN5OS/c24-17-5-7-18(8-6-17)29-20-4-2-1-3-19(20)26-21(29)15-28-12-9-16(10-13-28)22(30)27-23-25-11-14-31-23/h1-8,11,14,16H,9-10,12-13,15H2,(H,25,27,30). The Labute approximate surface area is 193 Å². The number of carbonyl (C=O) groups is 1. The van der Waals surface area contributed by atoms with Crippen LogP contribution in [0.1, 0.15) is 18.7 Å². The highest BCUT2D eigenvalue weighted by molar-refractivity contribution is 9.10. The number of nitrogens with zero attached hydrogens (tertiary/aromatic N) is 4. The minimum absolute atomic E-state index is 0.0328. The number of para-hydroxylation sites is 2. The quantitative estimate of drug-likeness (QED) is 0.418. The second-order valence-corrected chi connectivity index (χ2v) is 9.52. The van der Waals surface area contributed by atoms with Gasteiger partial charge < -0.3 is 5.32 Å². The van der Waals surface area contributed by atoms with Crippen molar-refractivity contribution in [3.8, 4) is 5.69 Å². The normalized spacial score (nSPS) is 15.4. The van der Waals surface area contributed by atoms with Gasteiger partial charge in [0.25, 0.3) is 0 Å². The van der Waals surface area contributed by atoms with Crippen LogP contribution in [0.3, 0.4) is 0 Å². The van der Waals surface area contributed by atoms with Crippen LogP contribution in [-0.2, 0) is 11.3 Å². The first-order chi connectivity index (χ1) is 15.2. The van der Waals surface area contributed by atoms with Gasteiger partial charge in [-0.3, -0.25) is 14.3 Å². The first-order valence-electron chi connectivity index (χ1n) is 10.3. The van der Waals surface area contributed by atoms with E-state index in [0.29, 0.717) is 5.13 Å². The molecule has 0 bridgehead atoms. The Bertz CT molecular complexity index is 1180. The Hall–Kier alpha value is -2.55. The molecule has 31 heavy (non-hydrogen) atoms. The number of hydrogen-bond acceptors (Lipinski definition) is 5. The minimum atomic E-state index is 0.0328. The molecule has 0 aliphatic carbocycles. The molecule has 3 heterocycles. The Morgan fingerprint density at radius 2 is 1.90 bits per heavy atom. The highest BCUT2D eigenvalue weighted by Crippen LogP contribution is 2.26. The zero-order valence-electron chi connectivity index (χ0n) is 16.9. The average Bonchev–Trinajstić information content (AvgIpc) is 3.42. The molecule has 0 spiro atoms. The average molecular weight is 496 g/mol. The van der Waals surface area contributed by atoms with Gasteiger partial charge in [-0.1, -0.05) is 28.1 Å². The van der Waals surface area contributed by atoms with Crippen molar-refractivity contribution in [3.63, 3.8) is 0 Å². The monoisotopic (exact) mass is 495 g/mol. The van der Waals surface area contributed by atoms with Crippen molar-refractivity contribution in [2.24, 2.45) is 5.92 Å². The van der Waals surface area contributed by atoms with Crippen LogP contribution < -0.4 is 5.32 Å². The maximum atomic E-state index is 12.5. The molecular weight excluding hydrogens is 474 g/mol. The molecule has 1 saturated heterocycles. The number of halogens is 1. The Kier molecular flexibility index (Phi) is 5.85. The van der Waals surface area contributed by atoms with Gasteiger partial charge in [0.05, 0.1) is 17.6 Å². The summed E-state index contributed by atoms with van der Waals surface area (Å²) in [6, 6.07) is 16.6. The van der Waals surface area contributed by atoms with Gasteiger partial charge in [-0.25, -0.2) is 9.97 Å². The van der Waals surface area contributed by atoms with Crippen LogP contribution in [0.15, 0.2) is 64.6 Å². The fourth-order valence-electron chi connectivity index (χ4n) is 4.11. The molecule has 6 nitrogen and oxygen atoms in total. The molecule has 0 saturated carbocycles. The Balaban J connectivity index is 1.32. The van der Waals surface area contributed by atoms with E-state index in [2.05, 4.69) is 78.2 Å². The number of anilines is 1. The zero-order chi connectivity index (χ0) is 21.2. The maximum absolute atomic E-state index is 12.5. The molecular formula is C23H22BrN5OS. The molecule has 1 amide bonds. The SMILES string of the molecule is O=C(Nc1nccs1)C1CCN(Cc2nc3ccccc3n2-c2ccc(Br)cc2)CC1. The van der Waals surface area contributed by atoms with Crippen molar-refractivity contribution in [3.05, 3.63) is 70.4 Å². The summed E-state index contributed by atoms with van der Waals surface area (Å²) < 4.78 is 3.29. The van der Waals surface area contributed by atoms with E-state index in [1.165, 1.54) is 11.3 Å². The lowest BCUT2D eigenvalue weighted by Gasteiger charge is -2.30. The molecule has 158 valence electrons. The van der Waals surface area contributed by atoms with E-state index in [1.807, 2.05) is 11.4 Å². The summed E-state index contributed by atoms with van der Waals surface area (Å²) in [5.41, 5.74) is 3.21. The number of likely N-dealkylation sites (tertiary alicyclic amines) is 1. The number of aromatic nitrogens is 3. The molecule has 1 aliphatic rings. The smallest absolute Gasteiger partial charge is 0.229 e.